The Morgan fingerprint density at radius 1 is 1.15 bits per heavy atom. The number of rotatable bonds is 3. The van der Waals surface area contributed by atoms with E-state index in [9.17, 15) is 4.79 Å². The van der Waals surface area contributed by atoms with E-state index in [1.165, 1.54) is 0 Å². The molecule has 4 rings (SSSR count). The highest BCUT2D eigenvalue weighted by molar-refractivity contribution is 5.79. The normalized spacial score (nSPS) is 26.6. The summed E-state index contributed by atoms with van der Waals surface area (Å²) in [6, 6.07) is 0. The summed E-state index contributed by atoms with van der Waals surface area (Å²) in [6.45, 7) is 3.65. The number of amides is 1. The van der Waals surface area contributed by atoms with Gasteiger partial charge in [0.25, 0.3) is 0 Å². The van der Waals surface area contributed by atoms with Crippen molar-refractivity contribution in [3.8, 4) is 5.88 Å². The van der Waals surface area contributed by atoms with E-state index in [4.69, 9.17) is 14.2 Å². The maximum atomic E-state index is 12.7. The Hall–Kier alpha value is -1.73. The van der Waals surface area contributed by atoms with Crippen molar-refractivity contribution in [3.63, 3.8) is 0 Å². The Labute approximate surface area is 154 Å². The second kappa shape index (κ2) is 7.88. The third-order valence-corrected chi connectivity index (χ3v) is 5.83. The van der Waals surface area contributed by atoms with E-state index in [-0.39, 0.29) is 17.6 Å². The molecule has 3 fully saturated rings. The molecule has 1 amide bonds. The zero-order valence-electron chi connectivity index (χ0n) is 15.1. The molecular formula is C19H27N3O4. The Morgan fingerprint density at radius 3 is 2.69 bits per heavy atom. The smallest absolute Gasteiger partial charge is 0.232 e. The van der Waals surface area contributed by atoms with Crippen LogP contribution >= 0.6 is 0 Å². The Balaban J connectivity index is 1.31. The zero-order chi connectivity index (χ0) is 17.8. The van der Waals surface area contributed by atoms with Crippen LogP contribution < -0.4 is 4.74 Å². The highest BCUT2D eigenvalue weighted by atomic mass is 16.5. The molecular weight excluding hydrogens is 334 g/mol. The first-order valence-electron chi connectivity index (χ1n) is 9.67. The van der Waals surface area contributed by atoms with Crippen molar-refractivity contribution in [2.45, 2.75) is 50.2 Å². The summed E-state index contributed by atoms with van der Waals surface area (Å²) < 4.78 is 17.6. The first-order chi connectivity index (χ1) is 12.7. The summed E-state index contributed by atoms with van der Waals surface area (Å²) in [5.74, 6) is 1.01. The van der Waals surface area contributed by atoms with Gasteiger partial charge in [-0.3, -0.25) is 9.78 Å². The maximum Gasteiger partial charge on any atom is 0.232 e. The molecule has 7 heteroatoms. The second-order valence-corrected chi connectivity index (χ2v) is 7.52. The molecule has 142 valence electrons. The SMILES string of the molecule is O=C(C1CCOCC1)N1CCC2(CC1)CC(Oc1cnccn1)CCO2. The molecule has 4 heterocycles. The molecule has 1 atom stereocenters. The topological polar surface area (TPSA) is 73.8 Å². The predicted octanol–water partition coefficient (Wildman–Crippen LogP) is 1.82. The standard InChI is InChI=1S/C19H27N3O4/c23-18(15-1-10-24-11-2-15)22-8-4-19(5-9-22)13-16(3-12-25-19)26-17-14-20-6-7-21-17/h6-7,14-16H,1-5,8-13H2. The molecule has 1 spiro atoms. The monoisotopic (exact) mass is 361 g/mol. The molecule has 1 unspecified atom stereocenters. The van der Waals surface area contributed by atoms with E-state index in [0.717, 1.165) is 51.6 Å². The van der Waals surface area contributed by atoms with Crippen LogP contribution in [0.2, 0.25) is 0 Å². The van der Waals surface area contributed by atoms with Gasteiger partial charge < -0.3 is 19.1 Å². The Kier molecular flexibility index (Phi) is 5.36. The third-order valence-electron chi connectivity index (χ3n) is 5.83. The van der Waals surface area contributed by atoms with E-state index in [2.05, 4.69) is 9.97 Å². The average molecular weight is 361 g/mol. The summed E-state index contributed by atoms with van der Waals surface area (Å²) in [6.07, 6.45) is 10.2. The quantitative estimate of drug-likeness (QED) is 0.818. The number of hydrogen-bond acceptors (Lipinski definition) is 6. The summed E-state index contributed by atoms with van der Waals surface area (Å²) >= 11 is 0. The van der Waals surface area contributed by atoms with E-state index in [1.807, 2.05) is 4.90 Å². The van der Waals surface area contributed by atoms with Gasteiger partial charge in [-0.25, -0.2) is 4.98 Å². The number of piperidine rings is 1. The number of carbonyl (C=O) groups is 1. The summed E-state index contributed by atoms with van der Waals surface area (Å²) in [5, 5.41) is 0. The Morgan fingerprint density at radius 2 is 1.96 bits per heavy atom. The van der Waals surface area contributed by atoms with Crippen LogP contribution in [-0.4, -0.2) is 65.4 Å². The van der Waals surface area contributed by atoms with Crippen LogP contribution in [0.5, 0.6) is 5.88 Å². The minimum absolute atomic E-state index is 0.0956. The third kappa shape index (κ3) is 3.99. The van der Waals surface area contributed by atoms with Crippen LogP contribution in [-0.2, 0) is 14.3 Å². The fourth-order valence-corrected chi connectivity index (χ4v) is 4.29. The molecule has 0 radical (unpaired) electrons. The fourth-order valence-electron chi connectivity index (χ4n) is 4.29. The summed E-state index contributed by atoms with van der Waals surface area (Å²) in [4.78, 5) is 23.0. The second-order valence-electron chi connectivity index (χ2n) is 7.52. The molecule has 3 aliphatic heterocycles. The van der Waals surface area contributed by atoms with Crippen molar-refractivity contribution >= 4 is 5.91 Å². The van der Waals surface area contributed by atoms with Crippen LogP contribution in [0, 0.1) is 5.92 Å². The molecule has 3 saturated heterocycles. The van der Waals surface area contributed by atoms with Gasteiger partial charge in [-0.1, -0.05) is 0 Å². The fraction of sp³-hybridized carbons (Fsp3) is 0.737. The molecule has 1 aromatic rings. The summed E-state index contributed by atoms with van der Waals surface area (Å²) in [5.41, 5.74) is -0.169. The van der Waals surface area contributed by atoms with Crippen LogP contribution in [0.15, 0.2) is 18.6 Å². The lowest BCUT2D eigenvalue weighted by atomic mass is 9.82. The zero-order valence-corrected chi connectivity index (χ0v) is 15.1. The van der Waals surface area contributed by atoms with Crippen LogP contribution in [0.25, 0.3) is 0 Å². The van der Waals surface area contributed by atoms with Crippen LogP contribution in [0.3, 0.4) is 0 Å². The van der Waals surface area contributed by atoms with Gasteiger partial charge in [-0.2, -0.15) is 0 Å². The number of ether oxygens (including phenoxy) is 3. The molecule has 3 aliphatic rings. The molecule has 26 heavy (non-hydrogen) atoms. The maximum absolute atomic E-state index is 12.7. The van der Waals surface area contributed by atoms with Crippen LogP contribution in [0.1, 0.15) is 38.5 Å². The average Bonchev–Trinajstić information content (AvgIpc) is 2.70. The van der Waals surface area contributed by atoms with Crippen molar-refractivity contribution in [2.24, 2.45) is 5.92 Å². The van der Waals surface area contributed by atoms with Gasteiger partial charge in [0.15, 0.2) is 0 Å². The predicted molar refractivity (Wildman–Crippen MR) is 93.7 cm³/mol. The van der Waals surface area contributed by atoms with E-state index < -0.39 is 0 Å². The van der Waals surface area contributed by atoms with Gasteiger partial charge in [0.1, 0.15) is 6.10 Å². The number of likely N-dealkylation sites (tertiary alicyclic amines) is 1. The van der Waals surface area contributed by atoms with Gasteiger partial charge in [0, 0.05) is 57.5 Å². The minimum atomic E-state index is -0.169. The summed E-state index contributed by atoms with van der Waals surface area (Å²) in [7, 11) is 0. The molecule has 0 aliphatic carbocycles. The molecule has 0 saturated carbocycles. The van der Waals surface area contributed by atoms with Crippen LogP contribution in [0.4, 0.5) is 0 Å². The van der Waals surface area contributed by atoms with Crippen molar-refractivity contribution in [1.29, 1.82) is 0 Å². The van der Waals surface area contributed by atoms with E-state index in [0.29, 0.717) is 31.6 Å². The molecule has 1 aromatic heterocycles. The number of hydrogen-bond donors (Lipinski definition) is 0. The van der Waals surface area contributed by atoms with Crippen molar-refractivity contribution in [1.82, 2.24) is 14.9 Å². The van der Waals surface area contributed by atoms with Gasteiger partial charge in [-0.05, 0) is 25.7 Å². The highest BCUT2D eigenvalue weighted by Gasteiger charge is 2.42. The first-order valence-corrected chi connectivity index (χ1v) is 9.67. The molecule has 7 nitrogen and oxygen atoms in total. The van der Waals surface area contributed by atoms with Crippen molar-refractivity contribution in [3.05, 3.63) is 18.6 Å². The lowest BCUT2D eigenvalue weighted by Crippen LogP contribution is -2.53. The molecule has 0 bridgehead atoms. The van der Waals surface area contributed by atoms with Gasteiger partial charge in [-0.15, -0.1) is 0 Å². The minimum Gasteiger partial charge on any atom is -0.473 e. The lowest BCUT2D eigenvalue weighted by molar-refractivity contribution is -0.156. The number of aromatic nitrogens is 2. The van der Waals surface area contributed by atoms with Crippen molar-refractivity contribution < 1.29 is 19.0 Å². The molecule has 0 N–H and O–H groups in total. The van der Waals surface area contributed by atoms with Gasteiger partial charge in [0.05, 0.1) is 18.4 Å². The van der Waals surface area contributed by atoms with Gasteiger partial charge >= 0.3 is 0 Å². The Bertz CT molecular complexity index is 598. The van der Waals surface area contributed by atoms with Crippen molar-refractivity contribution in [2.75, 3.05) is 32.9 Å². The lowest BCUT2D eigenvalue weighted by Gasteiger charge is -2.46. The number of nitrogens with zero attached hydrogens (tertiary/aromatic N) is 3. The molecule has 0 aromatic carbocycles. The largest absolute Gasteiger partial charge is 0.473 e. The van der Waals surface area contributed by atoms with Gasteiger partial charge in [0.2, 0.25) is 11.8 Å². The first kappa shape index (κ1) is 17.7. The highest BCUT2D eigenvalue weighted by Crippen LogP contribution is 2.36. The number of carbonyl (C=O) groups excluding carboxylic acids is 1. The van der Waals surface area contributed by atoms with E-state index >= 15 is 0 Å². The van der Waals surface area contributed by atoms with E-state index in [1.54, 1.807) is 18.6 Å².